The van der Waals surface area contributed by atoms with Crippen LogP contribution >= 0.6 is 11.8 Å². The van der Waals surface area contributed by atoms with E-state index in [1.165, 1.54) is 12.1 Å². The standard InChI is InChI=1S/C26H32F3NO2S/c1-5-14-32-22-12-8-19(15-17(22)4)21(31)11-13-23-24(16(2)3)30-25(33-23)18-6-9-20(10-7-18)26(27,28)29/h6-10,12,15-16,21,23-24,31H,5,11,13-14H2,1-4H3. The van der Waals surface area contributed by atoms with E-state index in [2.05, 4.69) is 20.8 Å². The molecule has 7 heteroatoms. The average Bonchev–Trinajstić information content (AvgIpc) is 3.21. The fraction of sp³-hybridized carbons (Fsp3) is 0.500. The van der Waals surface area contributed by atoms with Gasteiger partial charge in [0.25, 0.3) is 0 Å². The molecule has 180 valence electrons. The summed E-state index contributed by atoms with van der Waals surface area (Å²) in [5.41, 5.74) is 1.92. The minimum atomic E-state index is -4.35. The van der Waals surface area contributed by atoms with Gasteiger partial charge in [0, 0.05) is 10.8 Å². The number of rotatable bonds is 9. The Hall–Kier alpha value is -1.99. The molecule has 3 atom stereocenters. The number of nitrogens with zero attached hydrogens (tertiary/aromatic N) is 1. The number of ether oxygens (including phenoxy) is 1. The number of aryl methyl sites for hydroxylation is 1. The van der Waals surface area contributed by atoms with Crippen LogP contribution in [-0.4, -0.2) is 28.0 Å². The summed E-state index contributed by atoms with van der Waals surface area (Å²) in [5, 5.41) is 11.7. The fourth-order valence-electron chi connectivity index (χ4n) is 3.96. The lowest BCUT2D eigenvalue weighted by Crippen LogP contribution is -2.23. The van der Waals surface area contributed by atoms with Crippen molar-refractivity contribution >= 4 is 16.8 Å². The van der Waals surface area contributed by atoms with Gasteiger partial charge in [0.05, 0.1) is 29.4 Å². The molecule has 0 bridgehead atoms. The van der Waals surface area contributed by atoms with Gasteiger partial charge >= 0.3 is 6.18 Å². The highest BCUT2D eigenvalue weighted by molar-refractivity contribution is 8.15. The normalized spacial score (nSPS) is 19.6. The van der Waals surface area contributed by atoms with Crippen molar-refractivity contribution in [2.45, 2.75) is 70.5 Å². The van der Waals surface area contributed by atoms with Gasteiger partial charge in [0.2, 0.25) is 0 Å². The first-order valence-electron chi connectivity index (χ1n) is 11.4. The number of alkyl halides is 3. The molecule has 33 heavy (non-hydrogen) atoms. The molecule has 0 amide bonds. The summed E-state index contributed by atoms with van der Waals surface area (Å²) in [4.78, 5) is 4.84. The monoisotopic (exact) mass is 479 g/mol. The number of aliphatic imine (C=N–C) groups is 1. The fourth-order valence-corrected chi connectivity index (χ4v) is 5.47. The third kappa shape index (κ3) is 6.54. The van der Waals surface area contributed by atoms with Crippen LogP contribution in [0.4, 0.5) is 13.2 Å². The highest BCUT2D eigenvalue weighted by Crippen LogP contribution is 2.39. The summed E-state index contributed by atoms with van der Waals surface area (Å²) >= 11 is 1.60. The Morgan fingerprint density at radius 1 is 1.12 bits per heavy atom. The molecule has 0 aliphatic carbocycles. The van der Waals surface area contributed by atoms with Crippen LogP contribution in [-0.2, 0) is 6.18 Å². The van der Waals surface area contributed by atoms with Gasteiger partial charge in [0.15, 0.2) is 0 Å². The minimum Gasteiger partial charge on any atom is -0.493 e. The highest BCUT2D eigenvalue weighted by Gasteiger charge is 2.34. The van der Waals surface area contributed by atoms with E-state index in [-0.39, 0.29) is 11.3 Å². The van der Waals surface area contributed by atoms with Crippen LogP contribution < -0.4 is 4.74 Å². The van der Waals surface area contributed by atoms with Gasteiger partial charge in [-0.25, -0.2) is 0 Å². The van der Waals surface area contributed by atoms with E-state index < -0.39 is 17.8 Å². The Bertz CT molecular complexity index is 957. The van der Waals surface area contributed by atoms with Crippen molar-refractivity contribution in [1.29, 1.82) is 0 Å². The maximum atomic E-state index is 12.9. The van der Waals surface area contributed by atoms with E-state index >= 15 is 0 Å². The molecule has 2 aromatic rings. The maximum Gasteiger partial charge on any atom is 0.416 e. The zero-order valence-corrected chi connectivity index (χ0v) is 20.3. The maximum absolute atomic E-state index is 12.9. The second-order valence-electron chi connectivity index (χ2n) is 8.87. The summed E-state index contributed by atoms with van der Waals surface area (Å²) in [6.45, 7) is 8.91. The lowest BCUT2D eigenvalue weighted by atomic mass is 9.95. The molecule has 0 fully saturated rings. The number of thioether (sulfide) groups is 1. The van der Waals surface area contributed by atoms with Crippen molar-refractivity contribution in [2.75, 3.05) is 6.61 Å². The molecule has 3 unspecified atom stereocenters. The summed E-state index contributed by atoms with van der Waals surface area (Å²) in [6.07, 6.45) is -2.65. The molecular weight excluding hydrogens is 447 g/mol. The molecule has 3 nitrogen and oxygen atoms in total. The predicted molar refractivity (Wildman–Crippen MR) is 129 cm³/mol. The zero-order chi connectivity index (χ0) is 24.2. The number of hydrogen-bond donors (Lipinski definition) is 1. The second-order valence-corrected chi connectivity index (χ2v) is 10.1. The number of halogens is 3. The first-order chi connectivity index (χ1) is 15.6. The van der Waals surface area contributed by atoms with Crippen molar-refractivity contribution in [3.05, 3.63) is 64.7 Å². The molecule has 0 saturated heterocycles. The van der Waals surface area contributed by atoms with Crippen LogP contribution in [0.2, 0.25) is 0 Å². The largest absolute Gasteiger partial charge is 0.493 e. The van der Waals surface area contributed by atoms with Gasteiger partial charge < -0.3 is 9.84 Å². The van der Waals surface area contributed by atoms with Crippen molar-refractivity contribution in [3.63, 3.8) is 0 Å². The Morgan fingerprint density at radius 2 is 1.82 bits per heavy atom. The lowest BCUT2D eigenvalue weighted by Gasteiger charge is -2.22. The van der Waals surface area contributed by atoms with Crippen molar-refractivity contribution in [3.8, 4) is 5.75 Å². The van der Waals surface area contributed by atoms with Crippen LogP contribution in [0.3, 0.4) is 0 Å². The van der Waals surface area contributed by atoms with Crippen LogP contribution in [0, 0.1) is 12.8 Å². The van der Waals surface area contributed by atoms with Gasteiger partial charge in [-0.3, -0.25) is 4.99 Å². The molecule has 0 aromatic heterocycles. The van der Waals surface area contributed by atoms with E-state index in [9.17, 15) is 18.3 Å². The van der Waals surface area contributed by atoms with E-state index in [1.807, 2.05) is 25.1 Å². The number of hydrogen-bond acceptors (Lipinski definition) is 4. The van der Waals surface area contributed by atoms with Gasteiger partial charge in [0.1, 0.15) is 5.75 Å². The third-order valence-corrected chi connectivity index (χ3v) is 7.20. The molecular formula is C26H32F3NO2S. The Morgan fingerprint density at radius 3 is 2.39 bits per heavy atom. The molecule has 0 saturated carbocycles. The van der Waals surface area contributed by atoms with Gasteiger partial charge in [-0.2, -0.15) is 13.2 Å². The molecule has 1 heterocycles. The molecule has 1 aliphatic heterocycles. The summed E-state index contributed by atoms with van der Waals surface area (Å²) < 4.78 is 44.4. The van der Waals surface area contributed by atoms with Gasteiger partial charge in [-0.1, -0.05) is 39.0 Å². The third-order valence-electron chi connectivity index (χ3n) is 5.82. The zero-order valence-electron chi connectivity index (χ0n) is 19.5. The minimum absolute atomic E-state index is 0.0612. The Labute approximate surface area is 198 Å². The molecule has 1 N–H and O–H groups in total. The smallest absolute Gasteiger partial charge is 0.416 e. The van der Waals surface area contributed by atoms with E-state index in [0.29, 0.717) is 24.5 Å². The van der Waals surface area contributed by atoms with Crippen molar-refractivity contribution in [2.24, 2.45) is 10.9 Å². The quantitative estimate of drug-likeness (QED) is 0.413. The number of aliphatic hydroxyl groups excluding tert-OH is 1. The SMILES string of the molecule is CCCOc1ccc(C(O)CCC2SC(c3ccc(C(F)(F)F)cc3)=NC2C(C)C)cc1C. The molecule has 0 radical (unpaired) electrons. The highest BCUT2D eigenvalue weighted by atomic mass is 32.2. The number of benzene rings is 2. The van der Waals surface area contributed by atoms with Crippen LogP contribution in [0.15, 0.2) is 47.5 Å². The van der Waals surface area contributed by atoms with E-state index in [1.54, 1.807) is 11.8 Å². The summed E-state index contributed by atoms with van der Waals surface area (Å²) in [7, 11) is 0. The van der Waals surface area contributed by atoms with Gasteiger partial charge in [-0.15, -0.1) is 11.8 Å². The summed E-state index contributed by atoms with van der Waals surface area (Å²) in [6, 6.07) is 11.1. The predicted octanol–water partition coefficient (Wildman–Crippen LogP) is 7.20. The van der Waals surface area contributed by atoms with Crippen LogP contribution in [0.25, 0.3) is 0 Å². The van der Waals surface area contributed by atoms with E-state index in [0.717, 1.165) is 46.9 Å². The van der Waals surface area contributed by atoms with Crippen molar-refractivity contribution < 1.29 is 23.0 Å². The number of aliphatic hydroxyl groups is 1. The topological polar surface area (TPSA) is 41.8 Å². The lowest BCUT2D eigenvalue weighted by molar-refractivity contribution is -0.137. The summed E-state index contributed by atoms with van der Waals surface area (Å²) in [5.74, 6) is 1.14. The van der Waals surface area contributed by atoms with Crippen LogP contribution in [0.1, 0.15) is 68.4 Å². The van der Waals surface area contributed by atoms with E-state index in [4.69, 9.17) is 9.73 Å². The Kier molecular flexibility index (Phi) is 8.51. The van der Waals surface area contributed by atoms with Gasteiger partial charge in [-0.05, 0) is 67.5 Å². The second kappa shape index (κ2) is 11.0. The molecule has 2 aromatic carbocycles. The first kappa shape index (κ1) is 25.6. The molecule has 0 spiro atoms. The first-order valence-corrected chi connectivity index (χ1v) is 12.3. The Balaban J connectivity index is 1.64. The molecule has 1 aliphatic rings. The van der Waals surface area contributed by atoms with Crippen LogP contribution in [0.5, 0.6) is 5.75 Å². The molecule has 3 rings (SSSR count). The average molecular weight is 480 g/mol. The van der Waals surface area contributed by atoms with Crippen molar-refractivity contribution in [1.82, 2.24) is 0 Å².